The lowest BCUT2D eigenvalue weighted by Crippen LogP contribution is -1.93. The number of nitrogens with zero attached hydrogens (tertiary/aromatic N) is 2. The molecule has 16 heavy (non-hydrogen) atoms. The minimum absolute atomic E-state index is 0. The van der Waals surface area contributed by atoms with Crippen LogP contribution >= 0.6 is 44.5 Å². The molecule has 84 valence electrons. The van der Waals surface area contributed by atoms with Gasteiger partial charge in [0, 0.05) is 23.0 Å². The van der Waals surface area contributed by atoms with Crippen LogP contribution in [0.1, 0.15) is 16.0 Å². The van der Waals surface area contributed by atoms with Gasteiger partial charge in [-0.25, -0.2) is 9.97 Å². The second kappa shape index (κ2) is 6.33. The number of benzene rings is 1. The quantitative estimate of drug-likeness (QED) is 0.747. The molecular weight excluding hydrogens is 355 g/mol. The van der Waals surface area contributed by atoms with Crippen LogP contribution in [0.3, 0.4) is 0 Å². The Labute approximate surface area is 118 Å². The molecule has 0 bridgehead atoms. The summed E-state index contributed by atoms with van der Waals surface area (Å²) in [5, 5.41) is 0.739. The minimum atomic E-state index is 0. The summed E-state index contributed by atoms with van der Waals surface area (Å²) in [6.45, 7) is 0. The molecule has 1 aromatic heterocycles. The fraction of sp³-hybridized carbons (Fsp3) is 0.0909. The van der Waals surface area contributed by atoms with Crippen LogP contribution in [0.2, 0.25) is 5.02 Å². The molecule has 2 nitrogen and oxygen atoms in total. The number of hydrogen-bond acceptors (Lipinski definition) is 2. The van der Waals surface area contributed by atoms with Crippen molar-refractivity contribution in [1.82, 2.24) is 9.97 Å². The second-order valence-electron chi connectivity index (χ2n) is 3.09. The van der Waals surface area contributed by atoms with Gasteiger partial charge in [-0.2, -0.15) is 0 Å². The zero-order chi connectivity index (χ0) is 10.7. The van der Waals surface area contributed by atoms with E-state index in [1.165, 1.54) is 6.33 Å². The summed E-state index contributed by atoms with van der Waals surface area (Å²) < 4.78 is 0. The lowest BCUT2D eigenvalue weighted by molar-refractivity contribution is 1.06. The summed E-state index contributed by atoms with van der Waals surface area (Å²) in [5.74, 6) is 0. The van der Waals surface area contributed by atoms with E-state index in [2.05, 4.69) is 25.9 Å². The van der Waals surface area contributed by atoms with Gasteiger partial charge in [-0.1, -0.05) is 39.7 Å². The molecule has 2 aromatic rings. The van der Waals surface area contributed by atoms with Crippen molar-refractivity contribution in [2.45, 2.75) is 4.83 Å². The van der Waals surface area contributed by atoms with E-state index in [1.807, 2.05) is 24.3 Å². The summed E-state index contributed by atoms with van der Waals surface area (Å²) in [5.41, 5.74) is 2.16. The largest absolute Gasteiger partial charge is 0.244 e. The molecule has 1 heterocycles. The Morgan fingerprint density at radius 2 is 1.56 bits per heavy atom. The van der Waals surface area contributed by atoms with Crippen LogP contribution in [-0.4, -0.2) is 9.97 Å². The number of rotatable bonds is 2. The predicted molar refractivity (Wildman–Crippen MR) is 74.6 cm³/mol. The normalized spacial score (nSPS) is 11.6. The first-order valence-corrected chi connectivity index (χ1v) is 5.71. The average molecular weight is 364 g/mol. The first-order valence-electron chi connectivity index (χ1n) is 4.42. The molecule has 2 rings (SSSR count). The zero-order valence-corrected chi connectivity index (χ0v) is 12.2. The smallest absolute Gasteiger partial charge is 0.115 e. The maximum Gasteiger partial charge on any atom is 0.115 e. The number of alkyl halides is 1. The number of halogens is 3. The van der Waals surface area contributed by atoms with Gasteiger partial charge in [0.2, 0.25) is 0 Å². The van der Waals surface area contributed by atoms with E-state index in [-0.39, 0.29) is 21.8 Å². The maximum atomic E-state index is 5.82. The van der Waals surface area contributed by atoms with Crippen molar-refractivity contribution in [3.63, 3.8) is 0 Å². The second-order valence-corrected chi connectivity index (χ2v) is 4.44. The average Bonchev–Trinajstić information content (AvgIpc) is 2.30. The first-order chi connectivity index (χ1) is 7.27. The number of aromatic nitrogens is 2. The van der Waals surface area contributed by atoms with Gasteiger partial charge in [0.05, 0.1) is 4.83 Å². The summed E-state index contributed by atoms with van der Waals surface area (Å²) in [7, 11) is 0. The fourth-order valence-electron chi connectivity index (χ4n) is 1.27. The topological polar surface area (TPSA) is 25.8 Å². The molecule has 0 amide bonds. The standard InChI is InChI=1S/C11H8BrClN2.BrH/c12-11(9-5-14-7-15-6-9)8-1-3-10(13)4-2-8;/h1-7,11H;1H. The molecule has 0 spiro atoms. The zero-order valence-electron chi connectivity index (χ0n) is 8.18. The van der Waals surface area contributed by atoms with Crippen molar-refractivity contribution in [2.75, 3.05) is 0 Å². The lowest BCUT2D eigenvalue weighted by atomic mass is 10.1. The lowest BCUT2D eigenvalue weighted by Gasteiger charge is -2.09. The third kappa shape index (κ3) is 3.27. The van der Waals surface area contributed by atoms with E-state index in [0.717, 1.165) is 16.1 Å². The van der Waals surface area contributed by atoms with Gasteiger partial charge in [-0.3, -0.25) is 0 Å². The Hall–Kier alpha value is -0.450. The van der Waals surface area contributed by atoms with Crippen LogP contribution in [0.5, 0.6) is 0 Å². The third-order valence-electron chi connectivity index (χ3n) is 2.04. The highest BCUT2D eigenvalue weighted by atomic mass is 79.9. The minimum Gasteiger partial charge on any atom is -0.244 e. The van der Waals surface area contributed by atoms with E-state index in [1.54, 1.807) is 12.4 Å². The van der Waals surface area contributed by atoms with Gasteiger partial charge in [-0.05, 0) is 17.7 Å². The highest BCUT2D eigenvalue weighted by molar-refractivity contribution is 9.09. The SMILES string of the molecule is Br.Clc1ccc(C(Br)c2cncnc2)cc1. The molecule has 5 heteroatoms. The Balaban J connectivity index is 0.00000128. The third-order valence-corrected chi connectivity index (χ3v) is 3.35. The summed E-state index contributed by atoms with van der Waals surface area (Å²) in [6.07, 6.45) is 5.10. The van der Waals surface area contributed by atoms with Gasteiger partial charge in [-0.15, -0.1) is 17.0 Å². The van der Waals surface area contributed by atoms with Crippen LogP contribution < -0.4 is 0 Å². The number of hydrogen-bond donors (Lipinski definition) is 0. The van der Waals surface area contributed by atoms with Crippen LogP contribution in [-0.2, 0) is 0 Å². The molecule has 0 fully saturated rings. The molecular formula is C11H9Br2ClN2. The van der Waals surface area contributed by atoms with Crippen molar-refractivity contribution in [2.24, 2.45) is 0 Å². The molecule has 0 aliphatic carbocycles. The maximum absolute atomic E-state index is 5.82. The van der Waals surface area contributed by atoms with E-state index in [4.69, 9.17) is 11.6 Å². The monoisotopic (exact) mass is 362 g/mol. The molecule has 0 saturated heterocycles. The Kier molecular flexibility index (Phi) is 5.38. The molecule has 0 aliphatic rings. The van der Waals surface area contributed by atoms with Crippen molar-refractivity contribution >= 4 is 44.5 Å². The molecule has 0 radical (unpaired) electrons. The van der Waals surface area contributed by atoms with Crippen molar-refractivity contribution in [3.05, 3.63) is 59.1 Å². The van der Waals surface area contributed by atoms with Crippen molar-refractivity contribution < 1.29 is 0 Å². The molecule has 0 N–H and O–H groups in total. The van der Waals surface area contributed by atoms with Crippen LogP contribution in [0.25, 0.3) is 0 Å². The van der Waals surface area contributed by atoms with Gasteiger partial charge in [0.1, 0.15) is 6.33 Å². The Bertz CT molecular complexity index is 433. The highest BCUT2D eigenvalue weighted by Crippen LogP contribution is 2.30. The van der Waals surface area contributed by atoms with E-state index < -0.39 is 0 Å². The Morgan fingerprint density at radius 1 is 1.00 bits per heavy atom. The van der Waals surface area contributed by atoms with E-state index >= 15 is 0 Å². The molecule has 0 saturated carbocycles. The molecule has 1 aromatic carbocycles. The molecule has 0 aliphatic heterocycles. The highest BCUT2D eigenvalue weighted by Gasteiger charge is 2.09. The van der Waals surface area contributed by atoms with Gasteiger partial charge in [0.15, 0.2) is 0 Å². The van der Waals surface area contributed by atoms with E-state index in [0.29, 0.717) is 0 Å². The van der Waals surface area contributed by atoms with E-state index in [9.17, 15) is 0 Å². The van der Waals surface area contributed by atoms with Crippen LogP contribution in [0.15, 0.2) is 43.0 Å². The van der Waals surface area contributed by atoms with Crippen LogP contribution in [0.4, 0.5) is 0 Å². The summed E-state index contributed by atoms with van der Waals surface area (Å²) in [6, 6.07) is 7.70. The van der Waals surface area contributed by atoms with Gasteiger partial charge >= 0.3 is 0 Å². The van der Waals surface area contributed by atoms with Gasteiger partial charge < -0.3 is 0 Å². The van der Waals surface area contributed by atoms with Gasteiger partial charge in [0.25, 0.3) is 0 Å². The summed E-state index contributed by atoms with van der Waals surface area (Å²) in [4.78, 5) is 8.07. The van der Waals surface area contributed by atoms with Crippen molar-refractivity contribution in [3.8, 4) is 0 Å². The fourth-order valence-corrected chi connectivity index (χ4v) is 1.93. The molecule has 1 atom stereocenters. The first kappa shape index (κ1) is 13.6. The molecule has 1 unspecified atom stereocenters. The predicted octanol–water partition coefficient (Wildman–Crippen LogP) is 4.19. The Morgan fingerprint density at radius 3 is 2.12 bits per heavy atom. The summed E-state index contributed by atoms with van der Waals surface area (Å²) >= 11 is 9.42. The van der Waals surface area contributed by atoms with Crippen LogP contribution in [0, 0.1) is 0 Å². The van der Waals surface area contributed by atoms with Crippen molar-refractivity contribution in [1.29, 1.82) is 0 Å².